The monoisotopic (exact) mass is 711 g/mol. The second kappa shape index (κ2) is 14.8. The lowest BCUT2D eigenvalue weighted by Gasteiger charge is -2.16. The van der Waals surface area contributed by atoms with Crippen LogP contribution in [0.4, 0.5) is 0 Å². The summed E-state index contributed by atoms with van der Waals surface area (Å²) in [5.74, 6) is 1.23. The molecule has 0 spiro atoms. The molecule has 3 aromatic heterocycles. The van der Waals surface area contributed by atoms with Crippen LogP contribution in [0.25, 0.3) is 67.6 Å². The van der Waals surface area contributed by atoms with Crippen LogP contribution < -0.4 is 0 Å². The Morgan fingerprint density at radius 1 is 0.618 bits per heavy atom. The van der Waals surface area contributed by atoms with E-state index in [9.17, 15) is 0 Å². The molecule has 0 amide bonds. The van der Waals surface area contributed by atoms with Crippen molar-refractivity contribution in [3.8, 4) is 39.5 Å². The van der Waals surface area contributed by atoms with Crippen LogP contribution in [0.1, 0.15) is 68.5 Å². The number of pyridine rings is 2. The molecule has 3 heteroatoms. The van der Waals surface area contributed by atoms with Crippen LogP contribution in [0, 0.1) is 5.92 Å². The predicted molar refractivity (Wildman–Crippen MR) is 233 cm³/mol. The SMILES string of the molecule is CC.CC1=CCC=CC(c2cc(-c3ccccc3)cc(-c3cc(C4=CC=CCC=C4)cc(-c4cccc(-n5c6c(c7ccccc75)C=CC5CC65)c4)n3)n2)=C1. The van der Waals surface area contributed by atoms with Gasteiger partial charge in [0.15, 0.2) is 0 Å². The minimum atomic E-state index is 0.580. The van der Waals surface area contributed by atoms with Crippen LogP contribution in [-0.4, -0.2) is 14.5 Å². The highest BCUT2D eigenvalue weighted by molar-refractivity contribution is 5.94. The summed E-state index contributed by atoms with van der Waals surface area (Å²) in [6.45, 7) is 6.16. The van der Waals surface area contributed by atoms with E-state index < -0.39 is 0 Å². The number of para-hydroxylation sites is 1. The van der Waals surface area contributed by atoms with E-state index in [2.05, 4.69) is 181 Å². The summed E-state index contributed by atoms with van der Waals surface area (Å²) in [4.78, 5) is 10.8. The van der Waals surface area contributed by atoms with Gasteiger partial charge >= 0.3 is 0 Å². The maximum Gasteiger partial charge on any atom is 0.0900 e. The van der Waals surface area contributed by atoms with Gasteiger partial charge in [-0.3, -0.25) is 0 Å². The number of allylic oxidation sites excluding steroid dienone is 13. The third kappa shape index (κ3) is 6.72. The highest BCUT2D eigenvalue weighted by Gasteiger charge is 2.43. The molecular weight excluding hydrogens is 667 g/mol. The fourth-order valence-electron chi connectivity index (χ4n) is 8.19. The van der Waals surface area contributed by atoms with Crippen molar-refractivity contribution >= 4 is 28.1 Å². The first-order valence-electron chi connectivity index (χ1n) is 19.8. The Morgan fingerprint density at radius 3 is 2.24 bits per heavy atom. The van der Waals surface area contributed by atoms with Crippen LogP contribution in [0.2, 0.25) is 0 Å². The van der Waals surface area contributed by atoms with E-state index in [0.29, 0.717) is 11.8 Å². The highest BCUT2D eigenvalue weighted by Crippen LogP contribution is 2.55. The molecule has 0 saturated heterocycles. The third-order valence-electron chi connectivity index (χ3n) is 10.9. The van der Waals surface area contributed by atoms with Gasteiger partial charge in [-0.1, -0.05) is 147 Å². The minimum absolute atomic E-state index is 0.580. The zero-order chi connectivity index (χ0) is 37.3. The van der Waals surface area contributed by atoms with Crippen LogP contribution >= 0.6 is 0 Å². The Balaban J connectivity index is 0.00000195. The molecule has 0 aliphatic heterocycles. The van der Waals surface area contributed by atoms with Gasteiger partial charge in [-0.15, -0.1) is 0 Å². The van der Waals surface area contributed by atoms with Crippen molar-refractivity contribution in [2.45, 2.75) is 46.0 Å². The van der Waals surface area contributed by atoms with E-state index in [1.165, 1.54) is 39.8 Å². The Bertz CT molecular complexity index is 2650. The second-order valence-electron chi connectivity index (χ2n) is 14.6. The normalized spacial score (nSPS) is 17.9. The molecule has 3 aromatic carbocycles. The summed E-state index contributed by atoms with van der Waals surface area (Å²) >= 11 is 0. The molecule has 2 atom stereocenters. The lowest BCUT2D eigenvalue weighted by molar-refractivity contribution is 0.896. The average molecular weight is 712 g/mol. The molecule has 2 unspecified atom stereocenters. The topological polar surface area (TPSA) is 30.7 Å². The van der Waals surface area contributed by atoms with E-state index in [1.54, 1.807) is 0 Å². The van der Waals surface area contributed by atoms with Gasteiger partial charge in [-0.05, 0) is 96.8 Å². The summed E-state index contributed by atoms with van der Waals surface area (Å²) in [5.41, 5.74) is 16.8. The van der Waals surface area contributed by atoms with Gasteiger partial charge in [0, 0.05) is 39.4 Å². The summed E-state index contributed by atoms with van der Waals surface area (Å²) in [5, 5.41) is 1.32. The van der Waals surface area contributed by atoms with Crippen molar-refractivity contribution in [1.29, 1.82) is 0 Å². The first kappa shape index (κ1) is 34.4. The first-order chi connectivity index (χ1) is 27.2. The van der Waals surface area contributed by atoms with Crippen molar-refractivity contribution in [1.82, 2.24) is 14.5 Å². The lowest BCUT2D eigenvalue weighted by atomic mass is 9.98. The summed E-state index contributed by atoms with van der Waals surface area (Å²) in [6, 6.07) is 37.3. The van der Waals surface area contributed by atoms with Crippen molar-refractivity contribution in [3.63, 3.8) is 0 Å². The van der Waals surface area contributed by atoms with Gasteiger partial charge < -0.3 is 4.57 Å². The molecule has 3 heterocycles. The van der Waals surface area contributed by atoms with E-state index >= 15 is 0 Å². The summed E-state index contributed by atoms with van der Waals surface area (Å²) < 4.78 is 2.51. The molecule has 0 bridgehead atoms. The van der Waals surface area contributed by atoms with Gasteiger partial charge in [0.1, 0.15) is 0 Å². The molecule has 4 aliphatic rings. The number of hydrogen-bond acceptors (Lipinski definition) is 2. The van der Waals surface area contributed by atoms with E-state index in [4.69, 9.17) is 9.97 Å². The summed E-state index contributed by atoms with van der Waals surface area (Å²) in [6.07, 6.45) is 27.7. The maximum absolute atomic E-state index is 5.44. The zero-order valence-electron chi connectivity index (χ0n) is 31.8. The van der Waals surface area contributed by atoms with Gasteiger partial charge in [0.25, 0.3) is 0 Å². The minimum Gasteiger partial charge on any atom is -0.313 e. The number of aromatic nitrogens is 3. The molecule has 1 saturated carbocycles. The Morgan fingerprint density at radius 2 is 1.35 bits per heavy atom. The molecular formula is C52H45N3. The number of benzene rings is 3. The molecule has 10 rings (SSSR count). The van der Waals surface area contributed by atoms with Crippen LogP contribution in [0.5, 0.6) is 0 Å². The van der Waals surface area contributed by atoms with Gasteiger partial charge in [-0.25, -0.2) is 9.97 Å². The van der Waals surface area contributed by atoms with Crippen molar-refractivity contribution in [2.24, 2.45) is 5.92 Å². The number of fused-ring (bicyclic) bond motifs is 5. The van der Waals surface area contributed by atoms with Crippen molar-refractivity contribution in [2.75, 3.05) is 0 Å². The molecule has 1 fully saturated rings. The van der Waals surface area contributed by atoms with Crippen molar-refractivity contribution < 1.29 is 0 Å². The molecule has 268 valence electrons. The third-order valence-corrected chi connectivity index (χ3v) is 10.9. The molecule has 0 radical (unpaired) electrons. The summed E-state index contributed by atoms with van der Waals surface area (Å²) in [7, 11) is 0. The highest BCUT2D eigenvalue weighted by atomic mass is 15.0. The molecule has 3 nitrogen and oxygen atoms in total. The van der Waals surface area contributed by atoms with E-state index in [0.717, 1.165) is 69.0 Å². The van der Waals surface area contributed by atoms with Gasteiger partial charge in [-0.2, -0.15) is 0 Å². The largest absolute Gasteiger partial charge is 0.313 e. The molecule has 55 heavy (non-hydrogen) atoms. The Hall–Kier alpha value is -6.32. The molecule has 6 aromatic rings. The Labute approximate surface area is 324 Å². The lowest BCUT2D eigenvalue weighted by Crippen LogP contribution is -2.03. The van der Waals surface area contributed by atoms with Crippen LogP contribution in [0.3, 0.4) is 0 Å². The quantitative estimate of drug-likeness (QED) is 0.172. The Kier molecular flexibility index (Phi) is 9.29. The number of hydrogen-bond donors (Lipinski definition) is 0. The van der Waals surface area contributed by atoms with Gasteiger partial charge in [0.2, 0.25) is 0 Å². The molecule has 4 aliphatic carbocycles. The van der Waals surface area contributed by atoms with E-state index in [1.807, 2.05) is 13.8 Å². The maximum atomic E-state index is 5.44. The number of nitrogens with zero attached hydrogens (tertiary/aromatic N) is 3. The standard InChI is InChI=1S/C50H39N3.C2H6/c1-33-14-9-10-19-37(26-33)45-29-39(35-17-7-4-8-18-35)31-47(51-45)48-32-40(34-15-5-2-3-6-16-34)30-46(52-48)38-20-13-21-41(27-38)53-49-23-12-11-22-42(49)43-25-24-36-28-44(36)50(43)53;1-2/h2,4-8,10-27,29-32,36,44H,3,9,28H2,1H3;1-2H3. The number of rotatable bonds is 6. The second-order valence-corrected chi connectivity index (χ2v) is 14.6. The van der Waals surface area contributed by atoms with Crippen LogP contribution in [0.15, 0.2) is 169 Å². The average Bonchev–Trinajstić information content (AvgIpc) is 4.06. The molecule has 0 N–H and O–H groups in total. The predicted octanol–water partition coefficient (Wildman–Crippen LogP) is 13.8. The first-order valence-corrected chi connectivity index (χ1v) is 19.8. The van der Waals surface area contributed by atoms with Crippen LogP contribution in [-0.2, 0) is 0 Å². The van der Waals surface area contributed by atoms with Gasteiger partial charge in [0.05, 0.1) is 28.3 Å². The van der Waals surface area contributed by atoms with E-state index in [-0.39, 0.29) is 0 Å². The smallest absolute Gasteiger partial charge is 0.0900 e. The fraction of sp³-hybridized carbons (Fsp3) is 0.154. The fourth-order valence-corrected chi connectivity index (χ4v) is 8.19. The zero-order valence-corrected chi connectivity index (χ0v) is 31.8. The van der Waals surface area contributed by atoms with Crippen molar-refractivity contribution in [3.05, 3.63) is 192 Å².